The van der Waals surface area contributed by atoms with Crippen molar-refractivity contribution in [3.05, 3.63) is 30.1 Å². The first-order valence-electron chi connectivity index (χ1n) is 8.57. The second kappa shape index (κ2) is 9.50. The molecule has 5 heteroatoms. The van der Waals surface area contributed by atoms with Crippen molar-refractivity contribution in [1.82, 2.24) is 5.32 Å². The number of carbonyl (C=O) groups is 1. The molecule has 0 heterocycles. The van der Waals surface area contributed by atoms with Crippen molar-refractivity contribution in [1.29, 1.82) is 0 Å². The van der Waals surface area contributed by atoms with Crippen LogP contribution in [0.15, 0.2) is 24.3 Å². The highest BCUT2D eigenvalue weighted by Crippen LogP contribution is 2.26. The number of ether oxygens (including phenoxy) is 1. The molecule has 1 amide bonds. The van der Waals surface area contributed by atoms with Crippen molar-refractivity contribution in [3.63, 3.8) is 0 Å². The lowest BCUT2D eigenvalue weighted by atomic mass is 9.84. The SMILES string of the molecule is NCC(NC(=O)CCCOc1ccc(F)cc1)C1CCCCC1. The van der Waals surface area contributed by atoms with Gasteiger partial charge in [0.05, 0.1) is 6.61 Å². The Labute approximate surface area is 137 Å². The molecule has 0 saturated heterocycles. The number of amides is 1. The average molecular weight is 322 g/mol. The number of hydrogen-bond acceptors (Lipinski definition) is 3. The van der Waals surface area contributed by atoms with Gasteiger partial charge < -0.3 is 15.8 Å². The van der Waals surface area contributed by atoms with Crippen LogP contribution in [0, 0.1) is 11.7 Å². The summed E-state index contributed by atoms with van der Waals surface area (Å²) >= 11 is 0. The van der Waals surface area contributed by atoms with Crippen LogP contribution in [0.4, 0.5) is 4.39 Å². The number of halogens is 1. The van der Waals surface area contributed by atoms with E-state index in [1.807, 2.05) is 0 Å². The zero-order valence-corrected chi connectivity index (χ0v) is 13.6. The zero-order valence-electron chi connectivity index (χ0n) is 13.6. The van der Waals surface area contributed by atoms with Crippen LogP contribution in [0.5, 0.6) is 5.75 Å². The minimum absolute atomic E-state index is 0.0359. The summed E-state index contributed by atoms with van der Waals surface area (Å²) in [6.07, 6.45) is 7.15. The fraction of sp³-hybridized carbons (Fsp3) is 0.611. The zero-order chi connectivity index (χ0) is 16.5. The fourth-order valence-electron chi connectivity index (χ4n) is 3.14. The van der Waals surface area contributed by atoms with Gasteiger partial charge >= 0.3 is 0 Å². The Kier molecular flexibility index (Phi) is 7.33. The number of nitrogens with one attached hydrogen (secondary N) is 1. The van der Waals surface area contributed by atoms with Gasteiger partial charge in [-0.05, 0) is 49.4 Å². The van der Waals surface area contributed by atoms with Crippen molar-refractivity contribution < 1.29 is 13.9 Å². The maximum atomic E-state index is 12.8. The van der Waals surface area contributed by atoms with Crippen LogP contribution in [-0.2, 0) is 4.79 Å². The van der Waals surface area contributed by atoms with E-state index in [0.29, 0.717) is 37.7 Å². The molecular weight excluding hydrogens is 295 g/mol. The average Bonchev–Trinajstić information content (AvgIpc) is 2.59. The summed E-state index contributed by atoms with van der Waals surface area (Å²) in [5.41, 5.74) is 5.82. The van der Waals surface area contributed by atoms with Gasteiger partial charge in [-0.15, -0.1) is 0 Å². The minimum Gasteiger partial charge on any atom is -0.494 e. The van der Waals surface area contributed by atoms with E-state index in [1.165, 1.54) is 31.4 Å². The van der Waals surface area contributed by atoms with Crippen molar-refractivity contribution in [2.75, 3.05) is 13.2 Å². The summed E-state index contributed by atoms with van der Waals surface area (Å²) in [5.74, 6) is 0.892. The molecule has 4 nitrogen and oxygen atoms in total. The third-order valence-corrected chi connectivity index (χ3v) is 4.45. The molecule has 1 fully saturated rings. The third kappa shape index (κ3) is 6.18. The Morgan fingerprint density at radius 1 is 1.26 bits per heavy atom. The molecule has 1 aromatic rings. The molecule has 1 unspecified atom stereocenters. The van der Waals surface area contributed by atoms with Gasteiger partial charge in [0.15, 0.2) is 0 Å². The topological polar surface area (TPSA) is 64.3 Å². The van der Waals surface area contributed by atoms with Crippen LogP contribution in [0.1, 0.15) is 44.9 Å². The van der Waals surface area contributed by atoms with E-state index in [4.69, 9.17) is 10.5 Å². The summed E-state index contributed by atoms with van der Waals surface area (Å²) < 4.78 is 18.3. The lowest BCUT2D eigenvalue weighted by molar-refractivity contribution is -0.122. The van der Waals surface area contributed by atoms with Crippen LogP contribution in [-0.4, -0.2) is 25.1 Å². The van der Waals surface area contributed by atoms with E-state index in [1.54, 1.807) is 12.1 Å². The maximum absolute atomic E-state index is 12.8. The molecule has 1 aliphatic rings. The Balaban J connectivity index is 1.64. The van der Waals surface area contributed by atoms with Gasteiger partial charge in [0.1, 0.15) is 11.6 Å². The molecule has 1 aliphatic carbocycles. The van der Waals surface area contributed by atoms with Crippen molar-refractivity contribution in [2.45, 2.75) is 51.0 Å². The second-order valence-electron chi connectivity index (χ2n) is 6.21. The number of nitrogens with two attached hydrogens (primary N) is 1. The van der Waals surface area contributed by atoms with Crippen LogP contribution in [0.2, 0.25) is 0 Å². The summed E-state index contributed by atoms with van der Waals surface area (Å²) in [6, 6.07) is 5.99. The first kappa shape index (κ1) is 17.7. The van der Waals surface area contributed by atoms with Crippen LogP contribution in [0.25, 0.3) is 0 Å². The normalized spacial score (nSPS) is 16.8. The summed E-state index contributed by atoms with van der Waals surface area (Å²) in [5, 5.41) is 3.07. The van der Waals surface area contributed by atoms with E-state index >= 15 is 0 Å². The van der Waals surface area contributed by atoms with E-state index in [2.05, 4.69) is 5.32 Å². The molecular formula is C18H27FN2O2. The lowest BCUT2D eigenvalue weighted by Gasteiger charge is -2.30. The molecule has 0 spiro atoms. The quantitative estimate of drug-likeness (QED) is 0.723. The van der Waals surface area contributed by atoms with Crippen molar-refractivity contribution in [3.8, 4) is 5.75 Å². The molecule has 1 saturated carbocycles. The molecule has 0 aliphatic heterocycles. The minimum atomic E-state index is -0.285. The molecule has 128 valence electrons. The lowest BCUT2D eigenvalue weighted by Crippen LogP contribution is -2.45. The third-order valence-electron chi connectivity index (χ3n) is 4.45. The highest BCUT2D eigenvalue weighted by atomic mass is 19.1. The maximum Gasteiger partial charge on any atom is 0.220 e. The van der Waals surface area contributed by atoms with Gasteiger partial charge in [-0.1, -0.05) is 19.3 Å². The standard InChI is InChI=1S/C18H27FN2O2/c19-15-8-10-16(11-9-15)23-12-4-7-18(22)21-17(13-20)14-5-2-1-3-6-14/h8-11,14,17H,1-7,12-13,20H2,(H,21,22). The van der Waals surface area contributed by atoms with Gasteiger partial charge in [-0.3, -0.25) is 4.79 Å². The van der Waals surface area contributed by atoms with Gasteiger partial charge in [-0.25, -0.2) is 4.39 Å². The highest BCUT2D eigenvalue weighted by Gasteiger charge is 2.23. The van der Waals surface area contributed by atoms with Gasteiger partial charge in [-0.2, -0.15) is 0 Å². The van der Waals surface area contributed by atoms with E-state index in [-0.39, 0.29) is 17.8 Å². The molecule has 2 rings (SSSR count). The molecule has 23 heavy (non-hydrogen) atoms. The van der Waals surface area contributed by atoms with Crippen LogP contribution < -0.4 is 15.8 Å². The number of carbonyl (C=O) groups excluding carboxylic acids is 1. The molecule has 3 N–H and O–H groups in total. The van der Waals surface area contributed by atoms with Gasteiger partial charge in [0, 0.05) is 19.0 Å². The van der Waals surface area contributed by atoms with Crippen LogP contribution >= 0.6 is 0 Å². The largest absolute Gasteiger partial charge is 0.494 e. The summed E-state index contributed by atoms with van der Waals surface area (Å²) in [7, 11) is 0. The summed E-state index contributed by atoms with van der Waals surface area (Å²) in [6.45, 7) is 0.943. The van der Waals surface area contributed by atoms with Crippen molar-refractivity contribution in [2.24, 2.45) is 11.7 Å². The smallest absolute Gasteiger partial charge is 0.220 e. The van der Waals surface area contributed by atoms with Gasteiger partial charge in [0.25, 0.3) is 0 Å². The van der Waals surface area contributed by atoms with Crippen LogP contribution in [0.3, 0.4) is 0 Å². The van der Waals surface area contributed by atoms with Gasteiger partial charge in [0.2, 0.25) is 5.91 Å². The van der Waals surface area contributed by atoms with E-state index < -0.39 is 0 Å². The Hall–Kier alpha value is -1.62. The first-order valence-corrected chi connectivity index (χ1v) is 8.57. The molecule has 1 atom stereocenters. The number of benzene rings is 1. The Morgan fingerprint density at radius 3 is 2.61 bits per heavy atom. The molecule has 0 bridgehead atoms. The highest BCUT2D eigenvalue weighted by molar-refractivity contribution is 5.76. The molecule has 0 aromatic heterocycles. The predicted molar refractivity (Wildman–Crippen MR) is 88.7 cm³/mol. The number of hydrogen-bond donors (Lipinski definition) is 2. The van der Waals surface area contributed by atoms with E-state index in [9.17, 15) is 9.18 Å². The predicted octanol–water partition coefficient (Wildman–Crippen LogP) is 3.01. The Morgan fingerprint density at radius 2 is 1.96 bits per heavy atom. The Bertz CT molecular complexity index is 472. The summed E-state index contributed by atoms with van der Waals surface area (Å²) in [4.78, 5) is 12.0. The fourth-order valence-corrected chi connectivity index (χ4v) is 3.14. The monoisotopic (exact) mass is 322 g/mol. The van der Waals surface area contributed by atoms with E-state index in [0.717, 1.165) is 12.8 Å². The second-order valence-corrected chi connectivity index (χ2v) is 6.21. The van der Waals surface area contributed by atoms with Crippen molar-refractivity contribution >= 4 is 5.91 Å². The first-order chi connectivity index (χ1) is 11.2. The molecule has 0 radical (unpaired) electrons. The number of rotatable bonds is 8. The molecule has 1 aromatic carbocycles.